The summed E-state index contributed by atoms with van der Waals surface area (Å²) in [6.45, 7) is 2.59. The number of amides is 1. The van der Waals surface area contributed by atoms with Gasteiger partial charge in [0.2, 0.25) is 0 Å². The van der Waals surface area contributed by atoms with Gasteiger partial charge in [-0.05, 0) is 12.5 Å². The van der Waals surface area contributed by atoms with E-state index in [2.05, 4.69) is 10.4 Å². The molecule has 2 rings (SSSR count). The quantitative estimate of drug-likeness (QED) is 0.849. The van der Waals surface area contributed by atoms with Crippen molar-refractivity contribution in [1.29, 1.82) is 0 Å². The number of carbonyl (C=O) groups excluding carboxylic acids is 1. The molecule has 1 amide bonds. The number of aliphatic carboxylic acids is 1. The van der Waals surface area contributed by atoms with Crippen LogP contribution in [0, 0.1) is 0 Å². The number of aryl methyl sites for hydroxylation is 1. The van der Waals surface area contributed by atoms with Crippen molar-refractivity contribution in [2.45, 2.75) is 25.9 Å². The average Bonchev–Trinajstić information content (AvgIpc) is 2.96. The number of carboxylic acid groups (broad SMARTS) is 1. The van der Waals surface area contributed by atoms with Crippen LogP contribution in [0.4, 0.5) is 0 Å². The predicted octanol–water partition coefficient (Wildman–Crippen LogP) is 1.85. The molecule has 1 aromatic heterocycles. The maximum atomic E-state index is 12.2. The lowest BCUT2D eigenvalue weighted by molar-refractivity contribution is -0.137. The second-order valence-electron chi connectivity index (χ2n) is 4.62. The van der Waals surface area contributed by atoms with Gasteiger partial charge in [-0.15, -0.1) is 0 Å². The lowest BCUT2D eigenvalue weighted by atomic mass is 10.0. The first kappa shape index (κ1) is 14.8. The molecular formula is C15H17N3O3. The molecule has 0 fully saturated rings. The Morgan fingerprint density at radius 2 is 2.05 bits per heavy atom. The molecule has 21 heavy (non-hydrogen) atoms. The Bertz CT molecular complexity index is 622. The summed E-state index contributed by atoms with van der Waals surface area (Å²) in [5, 5.41) is 15.8. The van der Waals surface area contributed by atoms with E-state index in [1.807, 2.05) is 25.1 Å². The highest BCUT2D eigenvalue weighted by Gasteiger charge is 2.19. The fourth-order valence-electron chi connectivity index (χ4n) is 2.01. The molecule has 0 radical (unpaired) electrons. The smallest absolute Gasteiger partial charge is 0.305 e. The highest BCUT2D eigenvalue weighted by molar-refractivity contribution is 5.94. The van der Waals surface area contributed by atoms with Gasteiger partial charge >= 0.3 is 5.97 Å². The van der Waals surface area contributed by atoms with Crippen LogP contribution in [0.15, 0.2) is 42.7 Å². The lowest BCUT2D eigenvalue weighted by Gasteiger charge is -2.16. The normalized spacial score (nSPS) is 11.9. The van der Waals surface area contributed by atoms with E-state index < -0.39 is 12.0 Å². The number of carbonyl (C=O) groups is 2. The second-order valence-corrected chi connectivity index (χ2v) is 4.62. The zero-order chi connectivity index (χ0) is 15.2. The van der Waals surface area contributed by atoms with Crippen LogP contribution < -0.4 is 5.32 Å². The maximum Gasteiger partial charge on any atom is 0.305 e. The molecule has 0 aliphatic rings. The molecule has 0 spiro atoms. The van der Waals surface area contributed by atoms with E-state index in [-0.39, 0.29) is 12.3 Å². The zero-order valence-electron chi connectivity index (χ0n) is 11.7. The highest BCUT2D eigenvalue weighted by atomic mass is 16.4. The van der Waals surface area contributed by atoms with E-state index in [1.54, 1.807) is 23.0 Å². The first-order valence-electron chi connectivity index (χ1n) is 6.70. The summed E-state index contributed by atoms with van der Waals surface area (Å²) >= 11 is 0. The van der Waals surface area contributed by atoms with Crippen LogP contribution in [0.1, 0.15) is 35.3 Å². The van der Waals surface area contributed by atoms with Gasteiger partial charge in [0.1, 0.15) is 0 Å². The van der Waals surface area contributed by atoms with Gasteiger partial charge in [-0.1, -0.05) is 30.3 Å². The van der Waals surface area contributed by atoms with E-state index in [9.17, 15) is 9.59 Å². The Morgan fingerprint density at radius 3 is 2.62 bits per heavy atom. The summed E-state index contributed by atoms with van der Waals surface area (Å²) in [6, 6.07) is 8.49. The van der Waals surface area contributed by atoms with E-state index >= 15 is 0 Å². The van der Waals surface area contributed by atoms with Gasteiger partial charge in [0.05, 0.1) is 24.2 Å². The first-order chi connectivity index (χ1) is 10.1. The molecule has 1 atom stereocenters. The molecule has 0 saturated carbocycles. The van der Waals surface area contributed by atoms with Crippen molar-refractivity contribution >= 4 is 11.9 Å². The number of hydrogen-bond acceptors (Lipinski definition) is 3. The number of hydrogen-bond donors (Lipinski definition) is 2. The van der Waals surface area contributed by atoms with E-state index in [0.29, 0.717) is 12.1 Å². The molecule has 2 N–H and O–H groups in total. The van der Waals surface area contributed by atoms with Crippen molar-refractivity contribution in [1.82, 2.24) is 15.1 Å². The van der Waals surface area contributed by atoms with Crippen molar-refractivity contribution in [3.63, 3.8) is 0 Å². The van der Waals surface area contributed by atoms with Gasteiger partial charge in [-0.25, -0.2) is 0 Å². The summed E-state index contributed by atoms with van der Waals surface area (Å²) in [5.74, 6) is -1.29. The molecule has 1 aromatic carbocycles. The van der Waals surface area contributed by atoms with Crippen molar-refractivity contribution in [3.05, 3.63) is 53.9 Å². The van der Waals surface area contributed by atoms with Crippen LogP contribution in [0.3, 0.4) is 0 Å². The Labute approximate surface area is 122 Å². The number of aromatic nitrogens is 2. The Kier molecular flexibility index (Phi) is 4.71. The van der Waals surface area contributed by atoms with Crippen molar-refractivity contribution in [2.24, 2.45) is 0 Å². The monoisotopic (exact) mass is 287 g/mol. The molecule has 0 bridgehead atoms. The topological polar surface area (TPSA) is 84.2 Å². The fraction of sp³-hybridized carbons (Fsp3) is 0.267. The highest BCUT2D eigenvalue weighted by Crippen LogP contribution is 2.17. The number of nitrogens with zero attached hydrogens (tertiary/aromatic N) is 2. The fourth-order valence-corrected chi connectivity index (χ4v) is 2.01. The Balaban J connectivity index is 2.14. The second kappa shape index (κ2) is 6.69. The molecule has 2 aromatic rings. The van der Waals surface area contributed by atoms with Gasteiger partial charge in [0.25, 0.3) is 5.91 Å². The van der Waals surface area contributed by atoms with Crippen molar-refractivity contribution < 1.29 is 14.7 Å². The predicted molar refractivity (Wildman–Crippen MR) is 76.8 cm³/mol. The van der Waals surface area contributed by atoms with Crippen LogP contribution in [0.2, 0.25) is 0 Å². The summed E-state index contributed by atoms with van der Waals surface area (Å²) in [4.78, 5) is 23.2. The molecule has 6 nitrogen and oxygen atoms in total. The molecule has 110 valence electrons. The molecule has 1 unspecified atom stereocenters. The van der Waals surface area contributed by atoms with E-state index in [1.165, 1.54) is 6.20 Å². The van der Waals surface area contributed by atoms with Gasteiger partial charge in [-0.2, -0.15) is 5.10 Å². The maximum absolute atomic E-state index is 12.2. The molecule has 1 heterocycles. The molecular weight excluding hydrogens is 270 g/mol. The molecule has 0 saturated heterocycles. The third-order valence-corrected chi connectivity index (χ3v) is 3.11. The summed E-state index contributed by atoms with van der Waals surface area (Å²) in [7, 11) is 0. The SMILES string of the molecule is CCn1cc(C(=O)NC(CC(=O)O)c2ccccc2)cn1. The standard InChI is InChI=1S/C15H17N3O3/c1-2-18-10-12(9-16-18)15(21)17-13(8-14(19)20)11-6-4-3-5-7-11/h3-7,9-10,13H,2,8H2,1H3,(H,17,21)(H,19,20). The van der Waals surface area contributed by atoms with Gasteiger partial charge < -0.3 is 10.4 Å². The number of rotatable bonds is 6. The van der Waals surface area contributed by atoms with Gasteiger partial charge in [-0.3, -0.25) is 14.3 Å². The van der Waals surface area contributed by atoms with Crippen LogP contribution in [-0.4, -0.2) is 26.8 Å². The van der Waals surface area contributed by atoms with Crippen molar-refractivity contribution in [3.8, 4) is 0 Å². The van der Waals surface area contributed by atoms with Crippen LogP contribution in [-0.2, 0) is 11.3 Å². The third kappa shape index (κ3) is 3.92. The minimum absolute atomic E-state index is 0.169. The third-order valence-electron chi connectivity index (χ3n) is 3.11. The molecule has 6 heteroatoms. The van der Waals surface area contributed by atoms with Crippen LogP contribution >= 0.6 is 0 Å². The largest absolute Gasteiger partial charge is 0.481 e. The number of nitrogens with one attached hydrogen (secondary N) is 1. The van der Waals surface area contributed by atoms with Crippen LogP contribution in [0.5, 0.6) is 0 Å². The summed E-state index contributed by atoms with van der Waals surface area (Å²) < 4.78 is 1.64. The summed E-state index contributed by atoms with van der Waals surface area (Å²) in [6.07, 6.45) is 2.94. The number of benzene rings is 1. The van der Waals surface area contributed by atoms with Crippen LogP contribution in [0.25, 0.3) is 0 Å². The zero-order valence-corrected chi connectivity index (χ0v) is 11.7. The first-order valence-corrected chi connectivity index (χ1v) is 6.70. The van der Waals surface area contributed by atoms with E-state index in [4.69, 9.17) is 5.11 Å². The minimum Gasteiger partial charge on any atom is -0.481 e. The van der Waals surface area contributed by atoms with Crippen molar-refractivity contribution in [2.75, 3.05) is 0 Å². The van der Waals surface area contributed by atoms with Gasteiger partial charge in [0, 0.05) is 12.7 Å². The minimum atomic E-state index is -0.964. The number of carboxylic acids is 1. The average molecular weight is 287 g/mol. The Morgan fingerprint density at radius 1 is 1.33 bits per heavy atom. The summed E-state index contributed by atoms with van der Waals surface area (Å²) in [5.41, 5.74) is 1.18. The lowest BCUT2D eigenvalue weighted by Crippen LogP contribution is -2.30. The van der Waals surface area contributed by atoms with Gasteiger partial charge in [0.15, 0.2) is 0 Å². The van der Waals surface area contributed by atoms with E-state index in [0.717, 1.165) is 5.56 Å². The molecule has 0 aliphatic carbocycles. The Hall–Kier alpha value is -2.63. The molecule has 0 aliphatic heterocycles.